The van der Waals surface area contributed by atoms with E-state index in [1.807, 2.05) is 0 Å². The predicted molar refractivity (Wildman–Crippen MR) is 57.2 cm³/mol. The second-order valence-corrected chi connectivity index (χ2v) is 3.70. The first kappa shape index (κ1) is 11.5. The van der Waals surface area contributed by atoms with Crippen LogP contribution in [0, 0.1) is 11.8 Å². The number of unbranched alkanes of at least 4 members (excludes halogenated alkanes) is 1. The highest BCUT2D eigenvalue weighted by atomic mass is 14.1. The third-order valence-electron chi connectivity index (χ3n) is 2.17. The second-order valence-electron chi connectivity index (χ2n) is 3.70. The maximum absolute atomic E-state index is 2.27. The minimum absolute atomic E-state index is 0.691. The highest BCUT2D eigenvalue weighted by Gasteiger charge is 1.99. The zero-order valence-electron chi connectivity index (χ0n) is 8.88. The molecule has 0 saturated carbocycles. The Morgan fingerprint density at radius 2 is 1.75 bits per heavy atom. The Morgan fingerprint density at radius 1 is 1.08 bits per heavy atom. The Labute approximate surface area is 77.4 Å². The van der Waals surface area contributed by atoms with Gasteiger partial charge in [-0.25, -0.2) is 0 Å². The quantitative estimate of drug-likeness (QED) is 0.537. The normalized spacial score (nSPS) is 15.1. The van der Waals surface area contributed by atoms with Crippen molar-refractivity contribution in [2.45, 2.75) is 40.5 Å². The van der Waals surface area contributed by atoms with Crippen molar-refractivity contribution in [2.24, 2.45) is 11.8 Å². The zero-order chi connectivity index (χ0) is 9.40. The molecule has 0 fully saturated rings. The van der Waals surface area contributed by atoms with Crippen LogP contribution >= 0.6 is 0 Å². The molecule has 0 N–H and O–H groups in total. The standard InChI is InChI=1S/C12H22/c1-5-6-7-8-9-10-12(4)11(2)3/h7-12H,5-6H2,1-4H3/b8-7+,10-9+. The van der Waals surface area contributed by atoms with Gasteiger partial charge in [-0.15, -0.1) is 0 Å². The van der Waals surface area contributed by atoms with Gasteiger partial charge in [-0.3, -0.25) is 0 Å². The van der Waals surface area contributed by atoms with E-state index < -0.39 is 0 Å². The fourth-order valence-corrected chi connectivity index (χ4v) is 0.803. The lowest BCUT2D eigenvalue weighted by atomic mass is 9.98. The zero-order valence-corrected chi connectivity index (χ0v) is 8.88. The van der Waals surface area contributed by atoms with E-state index in [0.29, 0.717) is 5.92 Å². The molecule has 0 aliphatic heterocycles. The first-order valence-corrected chi connectivity index (χ1v) is 5.01. The van der Waals surface area contributed by atoms with Gasteiger partial charge in [0, 0.05) is 0 Å². The fraction of sp³-hybridized carbons (Fsp3) is 0.667. The summed E-state index contributed by atoms with van der Waals surface area (Å²) < 4.78 is 0. The van der Waals surface area contributed by atoms with Crippen LogP contribution in [-0.4, -0.2) is 0 Å². The molecule has 0 aliphatic carbocycles. The van der Waals surface area contributed by atoms with E-state index in [9.17, 15) is 0 Å². The van der Waals surface area contributed by atoms with Crippen LogP contribution in [0.25, 0.3) is 0 Å². The van der Waals surface area contributed by atoms with Crippen molar-refractivity contribution >= 4 is 0 Å². The van der Waals surface area contributed by atoms with Gasteiger partial charge >= 0.3 is 0 Å². The molecule has 0 aromatic carbocycles. The number of hydrogen-bond donors (Lipinski definition) is 0. The molecule has 0 aromatic rings. The van der Waals surface area contributed by atoms with Crippen LogP contribution in [-0.2, 0) is 0 Å². The summed E-state index contributed by atoms with van der Waals surface area (Å²) in [4.78, 5) is 0. The Hall–Kier alpha value is -0.520. The lowest BCUT2D eigenvalue weighted by Gasteiger charge is -2.08. The molecule has 0 aliphatic rings. The van der Waals surface area contributed by atoms with Gasteiger partial charge in [-0.2, -0.15) is 0 Å². The van der Waals surface area contributed by atoms with Crippen molar-refractivity contribution in [2.75, 3.05) is 0 Å². The largest absolute Gasteiger partial charge is 0.0846 e. The molecule has 0 heterocycles. The maximum Gasteiger partial charge on any atom is -0.0236 e. The van der Waals surface area contributed by atoms with Crippen LogP contribution < -0.4 is 0 Å². The molecule has 0 radical (unpaired) electrons. The van der Waals surface area contributed by atoms with E-state index in [1.165, 1.54) is 12.8 Å². The fourth-order valence-electron chi connectivity index (χ4n) is 0.803. The van der Waals surface area contributed by atoms with Gasteiger partial charge < -0.3 is 0 Å². The maximum atomic E-state index is 2.27. The summed E-state index contributed by atoms with van der Waals surface area (Å²) in [5, 5.41) is 0. The molecule has 0 amide bonds. The smallest absolute Gasteiger partial charge is 0.0236 e. The molecule has 1 unspecified atom stereocenters. The first-order valence-electron chi connectivity index (χ1n) is 5.01. The molecule has 0 saturated heterocycles. The molecule has 0 aromatic heterocycles. The lowest BCUT2D eigenvalue weighted by molar-refractivity contribution is 0.504. The Bertz CT molecular complexity index is 140. The molecular weight excluding hydrogens is 144 g/mol. The van der Waals surface area contributed by atoms with Gasteiger partial charge in [0.25, 0.3) is 0 Å². The van der Waals surface area contributed by atoms with Crippen LogP contribution in [0.4, 0.5) is 0 Å². The molecular formula is C12H22. The van der Waals surface area contributed by atoms with Crippen LogP contribution in [0.15, 0.2) is 24.3 Å². The molecule has 12 heavy (non-hydrogen) atoms. The Morgan fingerprint density at radius 3 is 2.25 bits per heavy atom. The van der Waals surface area contributed by atoms with Gasteiger partial charge in [0.1, 0.15) is 0 Å². The van der Waals surface area contributed by atoms with Crippen molar-refractivity contribution in [3.05, 3.63) is 24.3 Å². The van der Waals surface area contributed by atoms with E-state index in [1.54, 1.807) is 0 Å². The molecule has 0 rings (SSSR count). The molecule has 1 atom stereocenters. The Kier molecular flexibility index (Phi) is 6.84. The summed E-state index contributed by atoms with van der Waals surface area (Å²) in [6, 6.07) is 0. The highest BCUT2D eigenvalue weighted by Crippen LogP contribution is 2.10. The monoisotopic (exact) mass is 166 g/mol. The third-order valence-corrected chi connectivity index (χ3v) is 2.17. The van der Waals surface area contributed by atoms with Gasteiger partial charge in [-0.1, -0.05) is 58.4 Å². The average molecular weight is 166 g/mol. The highest BCUT2D eigenvalue weighted by molar-refractivity contribution is 5.03. The van der Waals surface area contributed by atoms with E-state index in [2.05, 4.69) is 52.0 Å². The summed E-state index contributed by atoms with van der Waals surface area (Å²) in [7, 11) is 0. The molecule has 0 spiro atoms. The van der Waals surface area contributed by atoms with Crippen LogP contribution in [0.1, 0.15) is 40.5 Å². The average Bonchev–Trinajstić information content (AvgIpc) is 2.03. The summed E-state index contributed by atoms with van der Waals surface area (Å²) in [5.74, 6) is 1.44. The second kappa shape index (κ2) is 7.15. The number of hydrogen-bond acceptors (Lipinski definition) is 0. The van der Waals surface area contributed by atoms with Crippen LogP contribution in [0.3, 0.4) is 0 Å². The summed E-state index contributed by atoms with van der Waals surface area (Å²) in [5.41, 5.74) is 0. The first-order chi connectivity index (χ1) is 5.68. The number of rotatable bonds is 5. The van der Waals surface area contributed by atoms with Crippen LogP contribution in [0.2, 0.25) is 0 Å². The van der Waals surface area contributed by atoms with Gasteiger partial charge in [0.15, 0.2) is 0 Å². The Balaban J connectivity index is 3.60. The molecule has 0 bridgehead atoms. The summed E-state index contributed by atoms with van der Waals surface area (Å²) in [6.45, 7) is 8.97. The van der Waals surface area contributed by atoms with Crippen molar-refractivity contribution in [1.82, 2.24) is 0 Å². The SMILES string of the molecule is CCC/C=C/C=C/C(C)C(C)C. The van der Waals surface area contributed by atoms with Crippen LogP contribution in [0.5, 0.6) is 0 Å². The minimum Gasteiger partial charge on any atom is -0.0846 e. The van der Waals surface area contributed by atoms with Crippen molar-refractivity contribution in [1.29, 1.82) is 0 Å². The minimum atomic E-state index is 0.691. The van der Waals surface area contributed by atoms with Gasteiger partial charge in [0.05, 0.1) is 0 Å². The van der Waals surface area contributed by atoms with Crippen molar-refractivity contribution in [3.63, 3.8) is 0 Å². The lowest BCUT2D eigenvalue weighted by Crippen LogP contribution is -1.98. The van der Waals surface area contributed by atoms with Gasteiger partial charge in [0.2, 0.25) is 0 Å². The van der Waals surface area contributed by atoms with E-state index in [4.69, 9.17) is 0 Å². The summed E-state index contributed by atoms with van der Waals surface area (Å²) in [6.07, 6.45) is 11.3. The molecule has 70 valence electrons. The molecule has 0 nitrogen and oxygen atoms in total. The third kappa shape index (κ3) is 6.21. The van der Waals surface area contributed by atoms with Crippen molar-refractivity contribution in [3.8, 4) is 0 Å². The molecule has 0 heteroatoms. The van der Waals surface area contributed by atoms with Gasteiger partial charge in [-0.05, 0) is 18.3 Å². The predicted octanol–water partition coefficient (Wildman–Crippen LogP) is 4.19. The van der Waals surface area contributed by atoms with Crippen molar-refractivity contribution < 1.29 is 0 Å². The van der Waals surface area contributed by atoms with E-state index in [-0.39, 0.29) is 0 Å². The van der Waals surface area contributed by atoms with E-state index >= 15 is 0 Å². The summed E-state index contributed by atoms with van der Waals surface area (Å²) >= 11 is 0. The number of allylic oxidation sites excluding steroid dienone is 4. The topological polar surface area (TPSA) is 0 Å². The van der Waals surface area contributed by atoms with E-state index in [0.717, 1.165) is 5.92 Å².